The maximum atomic E-state index is 14.3. The molecule has 3 rings (SSSR count). The van der Waals surface area contributed by atoms with E-state index >= 15 is 0 Å². The van der Waals surface area contributed by atoms with E-state index in [2.05, 4.69) is 15.3 Å². The maximum Gasteiger partial charge on any atom is 0.274 e. The molecule has 1 unspecified atom stereocenters. The van der Waals surface area contributed by atoms with Gasteiger partial charge in [-0.15, -0.1) is 0 Å². The van der Waals surface area contributed by atoms with Gasteiger partial charge in [-0.05, 0) is 38.4 Å². The first-order chi connectivity index (χ1) is 9.04. The van der Waals surface area contributed by atoms with Crippen LogP contribution in [0, 0.1) is 6.92 Å². The molecule has 1 aromatic heterocycles. The monoisotopic (exact) mass is 265 g/mol. The van der Waals surface area contributed by atoms with Crippen LogP contribution in [-0.2, 0) is 5.92 Å². The van der Waals surface area contributed by atoms with Gasteiger partial charge < -0.3 is 10.3 Å². The average Bonchev–Trinajstić information content (AvgIpc) is 2.95. The van der Waals surface area contributed by atoms with Gasteiger partial charge in [-0.1, -0.05) is 6.07 Å². The first-order valence-corrected chi connectivity index (χ1v) is 6.63. The Kier molecular flexibility index (Phi) is 3.01. The standard InChI is InChI=1S/C14H17F2N3/c1-9-18-12-5-4-10(7-13(12)19-9)14(15,16)8-11-3-2-6-17-11/h4-5,7,11,17H,2-3,6,8H2,1H3,(H,18,19). The lowest BCUT2D eigenvalue weighted by Gasteiger charge is -2.20. The van der Waals surface area contributed by atoms with E-state index in [-0.39, 0.29) is 18.0 Å². The summed E-state index contributed by atoms with van der Waals surface area (Å²) in [5, 5.41) is 3.12. The van der Waals surface area contributed by atoms with Gasteiger partial charge in [0.2, 0.25) is 0 Å². The smallest absolute Gasteiger partial charge is 0.274 e. The highest BCUT2D eigenvalue weighted by atomic mass is 19.3. The molecule has 0 bridgehead atoms. The molecule has 1 aliphatic heterocycles. The molecule has 19 heavy (non-hydrogen) atoms. The van der Waals surface area contributed by atoms with Crippen molar-refractivity contribution in [1.29, 1.82) is 0 Å². The number of rotatable bonds is 3. The number of aromatic amines is 1. The number of aromatic nitrogens is 2. The molecule has 1 saturated heterocycles. The Morgan fingerprint density at radius 2 is 2.26 bits per heavy atom. The molecule has 0 amide bonds. The van der Waals surface area contributed by atoms with Gasteiger partial charge >= 0.3 is 0 Å². The predicted molar refractivity (Wildman–Crippen MR) is 70.4 cm³/mol. The van der Waals surface area contributed by atoms with Gasteiger partial charge in [0, 0.05) is 18.0 Å². The lowest BCUT2D eigenvalue weighted by atomic mass is 9.99. The minimum Gasteiger partial charge on any atom is -0.342 e. The highest BCUT2D eigenvalue weighted by molar-refractivity contribution is 5.76. The Morgan fingerprint density at radius 1 is 1.42 bits per heavy atom. The third kappa shape index (κ3) is 2.47. The topological polar surface area (TPSA) is 40.7 Å². The van der Waals surface area contributed by atoms with Crippen molar-refractivity contribution in [3.63, 3.8) is 0 Å². The third-order valence-electron chi connectivity index (χ3n) is 3.69. The molecular formula is C14H17F2N3. The average molecular weight is 265 g/mol. The van der Waals surface area contributed by atoms with Crippen LogP contribution in [0.25, 0.3) is 11.0 Å². The second-order valence-electron chi connectivity index (χ2n) is 5.26. The Bertz CT molecular complexity index is 585. The maximum absolute atomic E-state index is 14.3. The third-order valence-corrected chi connectivity index (χ3v) is 3.69. The van der Waals surface area contributed by atoms with Crippen LogP contribution >= 0.6 is 0 Å². The molecule has 3 nitrogen and oxygen atoms in total. The van der Waals surface area contributed by atoms with Crippen LogP contribution in [0.4, 0.5) is 8.78 Å². The SMILES string of the molecule is Cc1nc2ccc(C(F)(F)CC3CCCN3)cc2[nH]1. The van der Waals surface area contributed by atoms with Crippen LogP contribution < -0.4 is 5.32 Å². The molecule has 0 radical (unpaired) electrons. The van der Waals surface area contributed by atoms with Crippen molar-refractivity contribution in [2.24, 2.45) is 0 Å². The lowest BCUT2D eigenvalue weighted by Crippen LogP contribution is -2.29. The molecule has 102 valence electrons. The van der Waals surface area contributed by atoms with Crippen molar-refractivity contribution in [3.8, 4) is 0 Å². The van der Waals surface area contributed by atoms with E-state index in [1.54, 1.807) is 6.07 Å². The predicted octanol–water partition coefficient (Wildman–Crippen LogP) is 3.11. The number of halogens is 2. The highest BCUT2D eigenvalue weighted by Crippen LogP contribution is 2.35. The Balaban J connectivity index is 1.88. The van der Waals surface area contributed by atoms with E-state index in [1.807, 2.05) is 6.92 Å². The zero-order chi connectivity index (χ0) is 13.5. The van der Waals surface area contributed by atoms with Gasteiger partial charge in [-0.25, -0.2) is 13.8 Å². The molecule has 2 N–H and O–H groups in total. The Labute approximate surface area is 110 Å². The number of aryl methyl sites for hydroxylation is 1. The lowest BCUT2D eigenvalue weighted by molar-refractivity contribution is -0.0212. The number of alkyl halides is 2. The summed E-state index contributed by atoms with van der Waals surface area (Å²) >= 11 is 0. The van der Waals surface area contributed by atoms with Crippen LogP contribution in [0.1, 0.15) is 30.7 Å². The fourth-order valence-electron chi connectivity index (χ4n) is 2.72. The fourth-order valence-corrected chi connectivity index (χ4v) is 2.72. The molecule has 1 aromatic carbocycles. The van der Waals surface area contributed by atoms with Crippen molar-refractivity contribution < 1.29 is 8.78 Å². The van der Waals surface area contributed by atoms with E-state index in [9.17, 15) is 8.78 Å². The van der Waals surface area contributed by atoms with Crippen molar-refractivity contribution >= 4 is 11.0 Å². The summed E-state index contributed by atoms with van der Waals surface area (Å²) in [5.74, 6) is -2.05. The summed E-state index contributed by atoms with van der Waals surface area (Å²) < 4.78 is 28.5. The Hall–Kier alpha value is -1.49. The molecule has 2 heterocycles. The van der Waals surface area contributed by atoms with Gasteiger partial charge in [0.25, 0.3) is 5.92 Å². The molecule has 0 spiro atoms. The minimum absolute atomic E-state index is 0.0670. The largest absolute Gasteiger partial charge is 0.342 e. The minimum atomic E-state index is -2.80. The molecule has 0 saturated carbocycles. The number of nitrogens with zero attached hydrogens (tertiary/aromatic N) is 1. The van der Waals surface area contributed by atoms with Crippen molar-refractivity contribution in [1.82, 2.24) is 15.3 Å². The number of nitrogens with one attached hydrogen (secondary N) is 2. The van der Waals surface area contributed by atoms with E-state index in [4.69, 9.17) is 0 Å². The molecule has 5 heteroatoms. The van der Waals surface area contributed by atoms with Gasteiger partial charge in [0.05, 0.1) is 11.0 Å². The van der Waals surface area contributed by atoms with Gasteiger partial charge in [0.15, 0.2) is 0 Å². The van der Waals surface area contributed by atoms with Crippen molar-refractivity contribution in [2.45, 2.75) is 38.2 Å². The van der Waals surface area contributed by atoms with Crippen LogP contribution in [0.3, 0.4) is 0 Å². The van der Waals surface area contributed by atoms with Crippen LogP contribution in [-0.4, -0.2) is 22.6 Å². The number of imidazole rings is 1. The number of H-pyrrole nitrogens is 1. The molecule has 1 aliphatic rings. The van der Waals surface area contributed by atoms with E-state index in [1.165, 1.54) is 12.1 Å². The summed E-state index contributed by atoms with van der Waals surface area (Å²) in [5.41, 5.74) is 1.47. The first kappa shape index (κ1) is 12.5. The van der Waals surface area contributed by atoms with E-state index in [0.717, 1.165) is 30.7 Å². The van der Waals surface area contributed by atoms with Crippen LogP contribution in [0.15, 0.2) is 18.2 Å². The molecule has 2 aromatic rings. The zero-order valence-corrected chi connectivity index (χ0v) is 10.8. The van der Waals surface area contributed by atoms with Gasteiger partial charge in [-0.3, -0.25) is 0 Å². The fraction of sp³-hybridized carbons (Fsp3) is 0.500. The van der Waals surface area contributed by atoms with Crippen LogP contribution in [0.5, 0.6) is 0 Å². The number of benzene rings is 1. The quantitative estimate of drug-likeness (QED) is 0.895. The normalized spacial score (nSPS) is 20.3. The zero-order valence-electron chi connectivity index (χ0n) is 10.8. The second-order valence-corrected chi connectivity index (χ2v) is 5.26. The second kappa shape index (κ2) is 4.56. The summed E-state index contributed by atoms with van der Waals surface area (Å²) in [7, 11) is 0. The number of fused-ring (bicyclic) bond motifs is 1. The molecular weight excluding hydrogens is 248 g/mol. The van der Waals surface area contributed by atoms with E-state index < -0.39 is 5.92 Å². The molecule has 0 aliphatic carbocycles. The summed E-state index contributed by atoms with van der Waals surface area (Å²) in [6.07, 6.45) is 1.69. The highest BCUT2D eigenvalue weighted by Gasteiger charge is 2.35. The first-order valence-electron chi connectivity index (χ1n) is 6.63. The number of hydrogen-bond donors (Lipinski definition) is 2. The van der Waals surface area contributed by atoms with Crippen LogP contribution in [0.2, 0.25) is 0 Å². The molecule has 1 atom stereocenters. The van der Waals surface area contributed by atoms with Crippen molar-refractivity contribution in [3.05, 3.63) is 29.6 Å². The van der Waals surface area contributed by atoms with E-state index in [0.29, 0.717) is 5.52 Å². The summed E-state index contributed by atoms with van der Waals surface area (Å²) in [6.45, 7) is 2.67. The van der Waals surface area contributed by atoms with Gasteiger partial charge in [-0.2, -0.15) is 0 Å². The summed E-state index contributed by atoms with van der Waals surface area (Å²) in [6, 6.07) is 4.58. The molecule has 1 fully saturated rings. The van der Waals surface area contributed by atoms with Crippen molar-refractivity contribution in [2.75, 3.05) is 6.54 Å². The van der Waals surface area contributed by atoms with Gasteiger partial charge in [0.1, 0.15) is 5.82 Å². The summed E-state index contributed by atoms with van der Waals surface area (Å²) in [4.78, 5) is 7.23. The number of hydrogen-bond acceptors (Lipinski definition) is 2. The Morgan fingerprint density at radius 3 is 3.00 bits per heavy atom.